The molecule has 4 aromatic carbocycles. The van der Waals surface area contributed by atoms with Crippen LogP contribution in [0.2, 0.25) is 0 Å². The van der Waals surface area contributed by atoms with E-state index >= 15 is 0 Å². The molecule has 3 fully saturated rings. The van der Waals surface area contributed by atoms with Crippen LogP contribution in [-0.4, -0.2) is 114 Å². The SMILES string of the molecule is O=C1CCC(N2Cc3cc4c(cc3C2=O)OC[C@@H]2CN(CC(=O)N3CCN(c5ccc([C@@H]6c7ccc(O)cc7CC[C@@H]6c6ccccc6)cc5)CC3)CCN42)C(=O)N1. The van der Waals surface area contributed by atoms with E-state index in [1.54, 1.807) is 4.90 Å². The number of hydrogen-bond donors (Lipinski definition) is 2. The molecule has 4 aromatic rings. The molecule has 5 aliphatic heterocycles. The van der Waals surface area contributed by atoms with Gasteiger partial charge in [0.2, 0.25) is 17.7 Å². The van der Waals surface area contributed by atoms with Crippen molar-refractivity contribution in [3.05, 3.63) is 118 Å². The number of nitrogens with one attached hydrogen (secondary N) is 1. The summed E-state index contributed by atoms with van der Waals surface area (Å²) in [6.07, 6.45) is 2.52. The number of benzene rings is 4. The first-order chi connectivity index (χ1) is 28.3. The molecule has 12 heteroatoms. The van der Waals surface area contributed by atoms with E-state index in [2.05, 4.69) is 80.7 Å². The lowest BCUT2D eigenvalue weighted by atomic mass is 9.69. The number of anilines is 2. The number of fused-ring (bicyclic) bond motifs is 5. The molecule has 4 atom stereocenters. The van der Waals surface area contributed by atoms with E-state index < -0.39 is 11.9 Å². The van der Waals surface area contributed by atoms with Crippen LogP contribution in [0.25, 0.3) is 0 Å². The van der Waals surface area contributed by atoms with Gasteiger partial charge < -0.3 is 29.4 Å². The second-order valence-electron chi connectivity index (χ2n) is 16.6. The number of amides is 4. The van der Waals surface area contributed by atoms with Crippen molar-refractivity contribution >= 4 is 35.0 Å². The van der Waals surface area contributed by atoms with Crippen LogP contribution in [0, 0.1) is 0 Å². The van der Waals surface area contributed by atoms with Crippen molar-refractivity contribution in [2.24, 2.45) is 0 Å². The predicted molar refractivity (Wildman–Crippen MR) is 218 cm³/mol. The molecule has 12 nitrogen and oxygen atoms in total. The van der Waals surface area contributed by atoms with Crippen LogP contribution in [0.4, 0.5) is 11.4 Å². The van der Waals surface area contributed by atoms with Gasteiger partial charge in [-0.05, 0) is 89.4 Å². The number of nitrogens with zero attached hydrogens (tertiary/aromatic N) is 5. The van der Waals surface area contributed by atoms with Crippen LogP contribution in [-0.2, 0) is 27.3 Å². The summed E-state index contributed by atoms with van der Waals surface area (Å²) in [7, 11) is 0. The van der Waals surface area contributed by atoms with Gasteiger partial charge in [0.25, 0.3) is 5.91 Å². The van der Waals surface area contributed by atoms with Gasteiger partial charge >= 0.3 is 0 Å². The number of carbonyl (C=O) groups is 4. The molecule has 5 heterocycles. The van der Waals surface area contributed by atoms with Gasteiger partial charge in [0.15, 0.2) is 0 Å². The fourth-order valence-corrected chi connectivity index (χ4v) is 10.3. The summed E-state index contributed by atoms with van der Waals surface area (Å²) < 4.78 is 6.22. The minimum absolute atomic E-state index is 0.0764. The van der Waals surface area contributed by atoms with Crippen LogP contribution >= 0.6 is 0 Å². The van der Waals surface area contributed by atoms with Gasteiger partial charge in [-0.3, -0.25) is 29.4 Å². The molecule has 1 unspecified atom stereocenters. The molecule has 4 amide bonds. The van der Waals surface area contributed by atoms with E-state index in [0.717, 1.165) is 50.3 Å². The fraction of sp³-hybridized carbons (Fsp3) is 0.391. The molecule has 0 bridgehead atoms. The Kier molecular flexibility index (Phi) is 9.31. The third-order valence-electron chi connectivity index (χ3n) is 13.3. The first kappa shape index (κ1) is 36.5. The fourth-order valence-electron chi connectivity index (χ4n) is 10.3. The Morgan fingerprint density at radius 1 is 0.793 bits per heavy atom. The molecular weight excluding hydrogens is 733 g/mol. The topological polar surface area (TPSA) is 126 Å². The van der Waals surface area contributed by atoms with Crippen LogP contribution in [0.15, 0.2) is 84.9 Å². The predicted octanol–water partition coefficient (Wildman–Crippen LogP) is 4.25. The van der Waals surface area contributed by atoms with Crippen molar-refractivity contribution in [3.8, 4) is 11.5 Å². The maximum Gasteiger partial charge on any atom is 0.255 e. The van der Waals surface area contributed by atoms with Gasteiger partial charge in [-0.1, -0.05) is 48.5 Å². The Labute approximate surface area is 337 Å². The number of phenols is 1. The molecule has 58 heavy (non-hydrogen) atoms. The first-order valence-electron chi connectivity index (χ1n) is 20.7. The van der Waals surface area contributed by atoms with Crippen LogP contribution in [0.1, 0.15) is 69.3 Å². The number of hydrogen-bond acceptors (Lipinski definition) is 9. The van der Waals surface area contributed by atoms with E-state index in [1.165, 1.54) is 27.9 Å². The Morgan fingerprint density at radius 3 is 2.40 bits per heavy atom. The molecule has 298 valence electrons. The minimum atomic E-state index is -0.656. The molecule has 0 aromatic heterocycles. The third kappa shape index (κ3) is 6.62. The number of phenolic OH excluding ortho intramolecular Hbond substituents is 1. The number of aromatic hydroxyl groups is 1. The van der Waals surface area contributed by atoms with E-state index in [9.17, 15) is 24.3 Å². The number of rotatable bonds is 6. The molecule has 0 saturated carbocycles. The quantitative estimate of drug-likeness (QED) is 0.277. The lowest BCUT2D eigenvalue weighted by Crippen LogP contribution is -2.59. The van der Waals surface area contributed by atoms with Gasteiger partial charge in [-0.2, -0.15) is 0 Å². The smallest absolute Gasteiger partial charge is 0.255 e. The Balaban J connectivity index is 0.748. The standard InChI is InChI=1S/C46H48N6O6/c53-35-11-13-37-31(22-35)8-12-36(29-4-2-1-3-5-29)44(37)30-6-9-33(10-7-30)49-17-19-50(20-18-49)43(55)27-48-16-21-51-34(26-48)28-58-41-24-38-32(23-40(41)51)25-52(46(38)57)39-14-15-42(54)47-45(39)56/h1-7,9-11,13,22-24,34,36,39,44,53H,8,12,14-21,25-28H2,(H,47,54,56)/t34-,36+,39?,44-/m0/s1. The van der Waals surface area contributed by atoms with Gasteiger partial charge in [-0.25, -0.2) is 0 Å². The number of imide groups is 1. The molecule has 0 radical (unpaired) electrons. The summed E-state index contributed by atoms with van der Waals surface area (Å²) >= 11 is 0. The summed E-state index contributed by atoms with van der Waals surface area (Å²) in [5, 5.41) is 12.6. The molecule has 1 aliphatic carbocycles. The average Bonchev–Trinajstić information content (AvgIpc) is 3.56. The second kappa shape index (κ2) is 14.8. The number of piperazine rings is 2. The third-order valence-corrected chi connectivity index (χ3v) is 13.3. The minimum Gasteiger partial charge on any atom is -0.508 e. The van der Waals surface area contributed by atoms with Crippen molar-refractivity contribution in [1.29, 1.82) is 0 Å². The Bertz CT molecular complexity index is 2270. The molecule has 2 N–H and O–H groups in total. The zero-order valence-electron chi connectivity index (χ0n) is 32.5. The summed E-state index contributed by atoms with van der Waals surface area (Å²) in [5.41, 5.74) is 8.67. The zero-order valence-corrected chi connectivity index (χ0v) is 32.5. The van der Waals surface area contributed by atoms with Crippen molar-refractivity contribution in [3.63, 3.8) is 0 Å². The lowest BCUT2D eigenvalue weighted by molar-refractivity contribution is -0.137. The van der Waals surface area contributed by atoms with Gasteiger partial charge in [0.1, 0.15) is 24.1 Å². The van der Waals surface area contributed by atoms with Crippen molar-refractivity contribution in [1.82, 2.24) is 20.0 Å². The number of ether oxygens (including phenoxy) is 1. The number of aryl methyl sites for hydroxylation is 1. The second-order valence-corrected chi connectivity index (χ2v) is 16.6. The van der Waals surface area contributed by atoms with Gasteiger partial charge in [-0.15, -0.1) is 0 Å². The molecular formula is C46H48N6O6. The number of piperidine rings is 1. The van der Waals surface area contributed by atoms with E-state index in [-0.39, 0.29) is 36.1 Å². The van der Waals surface area contributed by atoms with Crippen molar-refractivity contribution < 1.29 is 29.0 Å². The Morgan fingerprint density at radius 2 is 1.60 bits per heavy atom. The highest BCUT2D eigenvalue weighted by Crippen LogP contribution is 2.47. The van der Waals surface area contributed by atoms with Gasteiger partial charge in [0.05, 0.1) is 18.3 Å². The zero-order chi connectivity index (χ0) is 39.5. The van der Waals surface area contributed by atoms with Crippen molar-refractivity contribution in [2.45, 2.75) is 56.1 Å². The highest BCUT2D eigenvalue weighted by atomic mass is 16.5. The van der Waals surface area contributed by atoms with E-state index in [4.69, 9.17) is 4.74 Å². The van der Waals surface area contributed by atoms with E-state index in [0.29, 0.717) is 68.7 Å². The average molecular weight is 781 g/mol. The molecule has 3 saturated heterocycles. The maximum atomic E-state index is 13.6. The summed E-state index contributed by atoms with van der Waals surface area (Å²) in [5.74, 6) is 0.780. The summed E-state index contributed by atoms with van der Waals surface area (Å²) in [6, 6.07) is 28.9. The summed E-state index contributed by atoms with van der Waals surface area (Å²) in [4.78, 5) is 61.8. The molecule has 10 rings (SSSR count). The monoisotopic (exact) mass is 780 g/mol. The van der Waals surface area contributed by atoms with E-state index in [1.807, 2.05) is 29.2 Å². The summed E-state index contributed by atoms with van der Waals surface area (Å²) in [6.45, 7) is 6.24. The highest BCUT2D eigenvalue weighted by Gasteiger charge is 2.42. The first-order valence-corrected chi connectivity index (χ1v) is 20.7. The normalized spacial score (nSPS) is 24.4. The lowest BCUT2D eigenvalue weighted by Gasteiger charge is -2.46. The largest absolute Gasteiger partial charge is 0.508 e. The molecule has 6 aliphatic rings. The maximum absolute atomic E-state index is 13.6. The highest BCUT2D eigenvalue weighted by molar-refractivity contribution is 6.06. The van der Waals surface area contributed by atoms with Gasteiger partial charge in [0, 0.05) is 75.9 Å². The Hall–Kier alpha value is -5.88. The van der Waals surface area contributed by atoms with Crippen molar-refractivity contribution in [2.75, 3.05) is 68.8 Å². The molecule has 0 spiro atoms. The number of carbonyl (C=O) groups excluding carboxylic acids is 4. The van der Waals surface area contributed by atoms with Crippen LogP contribution in [0.3, 0.4) is 0 Å². The van der Waals surface area contributed by atoms with Crippen LogP contribution in [0.5, 0.6) is 11.5 Å². The van der Waals surface area contributed by atoms with Crippen LogP contribution < -0.4 is 19.9 Å².